The van der Waals surface area contributed by atoms with Crippen molar-refractivity contribution in [2.75, 3.05) is 11.9 Å². The van der Waals surface area contributed by atoms with Crippen LogP contribution in [0.5, 0.6) is 0 Å². The third-order valence-electron chi connectivity index (χ3n) is 6.12. The van der Waals surface area contributed by atoms with Crippen molar-refractivity contribution in [2.24, 2.45) is 0 Å². The van der Waals surface area contributed by atoms with E-state index in [0.29, 0.717) is 30.4 Å². The van der Waals surface area contributed by atoms with Gasteiger partial charge in [-0.25, -0.2) is 9.97 Å². The summed E-state index contributed by atoms with van der Waals surface area (Å²) in [4.78, 5) is 12.0. The van der Waals surface area contributed by atoms with E-state index in [9.17, 15) is 0 Å². The van der Waals surface area contributed by atoms with Gasteiger partial charge in [0.2, 0.25) is 0 Å². The Morgan fingerprint density at radius 3 is 2.79 bits per heavy atom. The molecule has 5 rings (SSSR count). The number of rotatable bonds is 5. The van der Waals surface area contributed by atoms with E-state index >= 15 is 0 Å². The van der Waals surface area contributed by atoms with Crippen LogP contribution < -0.4 is 5.32 Å². The van der Waals surface area contributed by atoms with Gasteiger partial charge in [0, 0.05) is 49.0 Å². The van der Waals surface area contributed by atoms with E-state index < -0.39 is 0 Å². The number of hydrogen-bond acceptors (Lipinski definition) is 6. The number of H-pyrrole nitrogens is 1. The van der Waals surface area contributed by atoms with Gasteiger partial charge in [0.05, 0.1) is 12.3 Å². The maximum absolute atomic E-state index is 8.94. The van der Waals surface area contributed by atoms with Crippen LogP contribution in [0.4, 0.5) is 11.6 Å². The molecular formula is C20H24N8. The lowest BCUT2D eigenvalue weighted by molar-refractivity contribution is 0.111. The van der Waals surface area contributed by atoms with Crippen LogP contribution in [0.15, 0.2) is 24.5 Å². The summed E-state index contributed by atoms with van der Waals surface area (Å²) in [6.07, 6.45) is 9.21. The summed E-state index contributed by atoms with van der Waals surface area (Å²) in [6.45, 7) is 2.87. The van der Waals surface area contributed by atoms with Crippen LogP contribution in [0.3, 0.4) is 0 Å². The first kappa shape index (κ1) is 17.2. The molecule has 0 unspecified atom stereocenters. The van der Waals surface area contributed by atoms with Crippen molar-refractivity contribution in [1.29, 1.82) is 5.26 Å². The molecule has 8 nitrogen and oxygen atoms in total. The van der Waals surface area contributed by atoms with Gasteiger partial charge in [-0.05, 0) is 38.7 Å². The lowest BCUT2D eigenvalue weighted by Crippen LogP contribution is -2.43. The molecular weight excluding hydrogens is 352 g/mol. The summed E-state index contributed by atoms with van der Waals surface area (Å²) in [5.41, 5.74) is 2.84. The fourth-order valence-corrected chi connectivity index (χ4v) is 4.90. The Morgan fingerprint density at radius 1 is 1.25 bits per heavy atom. The van der Waals surface area contributed by atoms with Crippen LogP contribution in [-0.2, 0) is 0 Å². The van der Waals surface area contributed by atoms with Gasteiger partial charge in [-0.15, -0.1) is 0 Å². The molecule has 2 aliphatic rings. The lowest BCUT2D eigenvalue weighted by Gasteiger charge is -2.39. The highest BCUT2D eigenvalue weighted by Crippen LogP contribution is 2.41. The first-order valence-electron chi connectivity index (χ1n) is 9.96. The Hall–Kier alpha value is -2.92. The number of aryl methyl sites for hydroxylation is 1. The Morgan fingerprint density at radius 2 is 2.07 bits per heavy atom. The zero-order valence-corrected chi connectivity index (χ0v) is 16.0. The van der Waals surface area contributed by atoms with Crippen LogP contribution in [0.25, 0.3) is 11.2 Å². The maximum atomic E-state index is 8.94. The molecule has 0 aliphatic carbocycles. The van der Waals surface area contributed by atoms with Crippen molar-refractivity contribution < 1.29 is 0 Å². The zero-order chi connectivity index (χ0) is 19.1. The Labute approximate surface area is 163 Å². The van der Waals surface area contributed by atoms with Crippen LogP contribution in [0.1, 0.15) is 43.8 Å². The summed E-state index contributed by atoms with van der Waals surface area (Å²) < 4.78 is 2.30. The third-order valence-corrected chi connectivity index (χ3v) is 6.12. The number of nitriles is 1. The molecule has 2 bridgehead atoms. The highest BCUT2D eigenvalue weighted by Gasteiger charge is 2.41. The molecule has 28 heavy (non-hydrogen) atoms. The molecule has 2 saturated heterocycles. The summed E-state index contributed by atoms with van der Waals surface area (Å²) in [6, 6.07) is 7.88. The van der Waals surface area contributed by atoms with Gasteiger partial charge in [-0.3, -0.25) is 10.00 Å². The fraction of sp³-hybridized carbons (Fsp3) is 0.500. The number of nitrogens with zero attached hydrogens (tertiary/aromatic N) is 6. The number of nitrogens with one attached hydrogen (secondary N) is 2. The summed E-state index contributed by atoms with van der Waals surface area (Å²) in [5, 5.41) is 19.3. The summed E-state index contributed by atoms with van der Waals surface area (Å²) in [7, 11) is 0. The fourth-order valence-electron chi connectivity index (χ4n) is 4.90. The largest absolute Gasteiger partial charge is 0.328 e. The summed E-state index contributed by atoms with van der Waals surface area (Å²) >= 11 is 0. The molecule has 3 aromatic heterocycles. The van der Waals surface area contributed by atoms with Crippen molar-refractivity contribution >= 4 is 22.8 Å². The highest BCUT2D eigenvalue weighted by molar-refractivity contribution is 5.73. The van der Waals surface area contributed by atoms with Crippen molar-refractivity contribution in [3.63, 3.8) is 0 Å². The van der Waals surface area contributed by atoms with Gasteiger partial charge in [-0.1, -0.05) is 0 Å². The Kier molecular flexibility index (Phi) is 4.24. The number of aromatic amines is 1. The second kappa shape index (κ2) is 6.91. The molecule has 5 heterocycles. The van der Waals surface area contributed by atoms with E-state index in [1.165, 1.54) is 12.8 Å². The number of piperidine rings is 1. The molecule has 0 aromatic carbocycles. The van der Waals surface area contributed by atoms with Crippen LogP contribution in [0, 0.1) is 18.3 Å². The van der Waals surface area contributed by atoms with Gasteiger partial charge in [-0.2, -0.15) is 10.4 Å². The first-order valence-corrected chi connectivity index (χ1v) is 9.96. The quantitative estimate of drug-likeness (QED) is 0.709. The molecule has 2 N–H and O–H groups in total. The molecule has 8 heteroatoms. The van der Waals surface area contributed by atoms with E-state index in [0.717, 1.165) is 42.1 Å². The Bertz CT molecular complexity index is 1010. The predicted octanol–water partition coefficient (Wildman–Crippen LogP) is 3.29. The SMILES string of the molecule is Cc1cc(Nc2cnc3ccn([C@@H]4C[C@H]5CC[C@@H](C4)N5CCC#N)c3n2)n[nH]1. The minimum atomic E-state index is 0.436. The third kappa shape index (κ3) is 3.02. The molecule has 3 atom stereocenters. The highest BCUT2D eigenvalue weighted by atomic mass is 15.2. The number of hydrogen-bond donors (Lipinski definition) is 2. The van der Waals surface area contributed by atoms with E-state index in [4.69, 9.17) is 10.2 Å². The van der Waals surface area contributed by atoms with Crippen molar-refractivity contribution in [1.82, 2.24) is 29.6 Å². The molecule has 0 spiro atoms. The minimum absolute atomic E-state index is 0.436. The van der Waals surface area contributed by atoms with E-state index in [-0.39, 0.29) is 0 Å². The average Bonchev–Trinajstić information content (AvgIpc) is 3.36. The topological polar surface area (TPSA) is 98.5 Å². The zero-order valence-electron chi connectivity index (χ0n) is 16.0. The van der Waals surface area contributed by atoms with E-state index in [2.05, 4.69) is 48.3 Å². The smallest absolute Gasteiger partial charge is 0.161 e. The molecule has 0 saturated carbocycles. The van der Waals surface area contributed by atoms with Crippen LogP contribution >= 0.6 is 0 Å². The number of fused-ring (bicyclic) bond motifs is 3. The van der Waals surface area contributed by atoms with Crippen LogP contribution in [0.2, 0.25) is 0 Å². The molecule has 0 amide bonds. The van der Waals surface area contributed by atoms with Crippen LogP contribution in [-0.4, -0.2) is 48.3 Å². The van der Waals surface area contributed by atoms with Gasteiger partial charge in [0.15, 0.2) is 17.3 Å². The van der Waals surface area contributed by atoms with Crippen molar-refractivity contribution in [3.05, 3.63) is 30.2 Å². The molecule has 144 valence electrons. The first-order chi connectivity index (χ1) is 13.7. The van der Waals surface area contributed by atoms with Gasteiger partial charge >= 0.3 is 0 Å². The molecule has 2 fully saturated rings. The predicted molar refractivity (Wildman–Crippen MR) is 106 cm³/mol. The van der Waals surface area contributed by atoms with Gasteiger partial charge < -0.3 is 9.88 Å². The Balaban J connectivity index is 1.39. The second-order valence-electron chi connectivity index (χ2n) is 7.90. The van der Waals surface area contributed by atoms with Crippen molar-refractivity contribution in [3.8, 4) is 6.07 Å². The van der Waals surface area contributed by atoms with E-state index in [1.807, 2.05) is 13.0 Å². The maximum Gasteiger partial charge on any atom is 0.161 e. The van der Waals surface area contributed by atoms with E-state index in [1.54, 1.807) is 6.20 Å². The standard InChI is InChI=1S/C20H24N8/c1-13-9-18(26-25-13)23-19-12-22-17-5-8-28(20(17)24-19)16-10-14-3-4-15(11-16)27(14)7-2-6-21/h5,8-9,12,14-16H,2-4,7,10-11H2,1H3,(H2,23,24,25,26)/t14-,15+,16-. The average molecular weight is 376 g/mol. The molecule has 0 radical (unpaired) electrons. The number of anilines is 2. The second-order valence-corrected chi connectivity index (χ2v) is 7.90. The lowest BCUT2D eigenvalue weighted by atomic mass is 9.97. The monoisotopic (exact) mass is 376 g/mol. The van der Waals surface area contributed by atoms with Gasteiger partial charge in [0.25, 0.3) is 0 Å². The van der Waals surface area contributed by atoms with Gasteiger partial charge in [0.1, 0.15) is 5.52 Å². The van der Waals surface area contributed by atoms with Crippen molar-refractivity contribution in [2.45, 2.75) is 57.2 Å². The summed E-state index contributed by atoms with van der Waals surface area (Å²) in [5.74, 6) is 1.45. The normalized spacial score (nSPS) is 24.5. The molecule has 3 aromatic rings. The molecule has 2 aliphatic heterocycles. The number of aromatic nitrogens is 5. The minimum Gasteiger partial charge on any atom is -0.328 e.